The van der Waals surface area contributed by atoms with Crippen LogP contribution in [0.4, 0.5) is 13.9 Å². The predicted octanol–water partition coefficient (Wildman–Crippen LogP) is 5.14. The van der Waals surface area contributed by atoms with Crippen LogP contribution < -0.4 is 10.3 Å². The van der Waals surface area contributed by atoms with Crippen molar-refractivity contribution in [2.45, 2.75) is 6.04 Å². The van der Waals surface area contributed by atoms with Crippen LogP contribution in [-0.4, -0.2) is 16.0 Å². The first-order valence-electron chi connectivity index (χ1n) is 9.85. The molecule has 3 heterocycles. The van der Waals surface area contributed by atoms with Crippen LogP contribution in [0.2, 0.25) is 0 Å². The lowest BCUT2D eigenvalue weighted by molar-refractivity contribution is 0.0971. The Morgan fingerprint density at radius 3 is 2.61 bits per heavy atom. The summed E-state index contributed by atoms with van der Waals surface area (Å²) in [6.45, 7) is 0. The number of hydrogen-bond acceptors (Lipinski definition) is 6. The number of aromatic nitrogens is 1. The molecule has 0 saturated heterocycles. The Kier molecular flexibility index (Phi) is 4.12. The number of carbonyl (C=O) groups excluding carboxylic acids is 1. The highest BCUT2D eigenvalue weighted by atomic mass is 32.1. The molecule has 0 aliphatic carbocycles. The molecule has 9 heteroatoms. The number of phenols is 1. The van der Waals surface area contributed by atoms with E-state index in [1.807, 2.05) is 0 Å². The third-order valence-electron chi connectivity index (χ3n) is 5.56. The molecular weight excluding hydrogens is 450 g/mol. The summed E-state index contributed by atoms with van der Waals surface area (Å²) in [5, 5.41) is 10.3. The minimum Gasteiger partial charge on any atom is -0.508 e. The smallest absolute Gasteiger partial charge is 0.297 e. The molecule has 33 heavy (non-hydrogen) atoms. The second-order valence-corrected chi connectivity index (χ2v) is 8.60. The number of halogens is 2. The third kappa shape index (κ3) is 2.93. The molecule has 1 aliphatic rings. The Bertz CT molecular complexity index is 1680. The summed E-state index contributed by atoms with van der Waals surface area (Å²) in [6, 6.07) is 12.7. The van der Waals surface area contributed by atoms with Crippen LogP contribution in [0.15, 0.2) is 69.9 Å². The standard InChI is InChI=1S/C24H12F2N2O4S/c25-12-5-7-17-15(9-12)21(30)19-20(11-2-1-3-14(29)8-11)28(23(31)22(19)32-17)24-27-16-6-4-13(26)10-18(16)33-24/h1-10,20,29H/t20-/m1/s1. The van der Waals surface area contributed by atoms with Crippen LogP contribution in [0.25, 0.3) is 21.2 Å². The van der Waals surface area contributed by atoms with Crippen molar-refractivity contribution >= 4 is 43.6 Å². The lowest BCUT2D eigenvalue weighted by atomic mass is 9.98. The molecule has 2 aromatic heterocycles. The third-order valence-corrected chi connectivity index (χ3v) is 6.58. The lowest BCUT2D eigenvalue weighted by Gasteiger charge is -2.22. The molecule has 162 valence electrons. The fourth-order valence-corrected chi connectivity index (χ4v) is 5.16. The van der Waals surface area contributed by atoms with Gasteiger partial charge in [0, 0.05) is 0 Å². The largest absolute Gasteiger partial charge is 0.508 e. The highest BCUT2D eigenvalue weighted by Gasteiger charge is 2.45. The number of phenolic OH excluding ortho intramolecular Hbond substituents is 1. The molecule has 0 bridgehead atoms. The van der Waals surface area contributed by atoms with E-state index in [0.29, 0.717) is 15.8 Å². The van der Waals surface area contributed by atoms with Gasteiger partial charge in [-0.1, -0.05) is 23.5 Å². The van der Waals surface area contributed by atoms with Gasteiger partial charge in [-0.2, -0.15) is 0 Å². The van der Waals surface area contributed by atoms with Gasteiger partial charge in [0.25, 0.3) is 5.91 Å². The number of hydrogen-bond donors (Lipinski definition) is 1. The maximum Gasteiger partial charge on any atom is 0.297 e. The maximum atomic E-state index is 13.9. The van der Waals surface area contributed by atoms with Gasteiger partial charge in [-0.3, -0.25) is 14.5 Å². The van der Waals surface area contributed by atoms with Crippen molar-refractivity contribution in [2.24, 2.45) is 0 Å². The molecule has 1 N–H and O–H groups in total. The van der Waals surface area contributed by atoms with E-state index in [-0.39, 0.29) is 33.2 Å². The highest BCUT2D eigenvalue weighted by molar-refractivity contribution is 7.22. The molecule has 0 unspecified atom stereocenters. The SMILES string of the molecule is O=C1c2oc3ccc(F)cc3c(=O)c2[C@@H](c2cccc(O)c2)N1c1nc2ccc(F)cc2s1. The highest BCUT2D eigenvalue weighted by Crippen LogP contribution is 2.44. The van der Waals surface area contributed by atoms with E-state index in [2.05, 4.69) is 4.98 Å². The van der Waals surface area contributed by atoms with Crippen LogP contribution >= 0.6 is 11.3 Å². The monoisotopic (exact) mass is 462 g/mol. The average Bonchev–Trinajstić information content (AvgIpc) is 3.32. The van der Waals surface area contributed by atoms with E-state index in [1.165, 1.54) is 41.3 Å². The number of thiazole rings is 1. The Hall–Kier alpha value is -4.11. The molecule has 6 nitrogen and oxygen atoms in total. The van der Waals surface area contributed by atoms with Gasteiger partial charge in [0.1, 0.15) is 23.0 Å². The number of nitrogens with zero attached hydrogens (tertiary/aromatic N) is 2. The Labute approximate surface area is 188 Å². The van der Waals surface area contributed by atoms with Crippen molar-refractivity contribution in [2.75, 3.05) is 4.90 Å². The fraction of sp³-hybridized carbons (Fsp3) is 0.0417. The summed E-state index contributed by atoms with van der Waals surface area (Å²) in [4.78, 5) is 32.7. The summed E-state index contributed by atoms with van der Waals surface area (Å²) in [5.74, 6) is -1.91. The normalized spacial score (nSPS) is 15.5. The summed E-state index contributed by atoms with van der Waals surface area (Å²) < 4.78 is 33.9. The van der Waals surface area contributed by atoms with E-state index in [1.54, 1.807) is 12.1 Å². The molecule has 5 aromatic rings. The van der Waals surface area contributed by atoms with Crippen LogP contribution in [0.1, 0.15) is 27.7 Å². The van der Waals surface area contributed by atoms with Gasteiger partial charge < -0.3 is 9.52 Å². The number of rotatable bonds is 2. The van der Waals surface area contributed by atoms with Crippen LogP contribution in [0.3, 0.4) is 0 Å². The Morgan fingerprint density at radius 1 is 1.00 bits per heavy atom. The molecule has 0 fully saturated rings. The van der Waals surface area contributed by atoms with E-state index < -0.39 is 29.0 Å². The van der Waals surface area contributed by atoms with Crippen LogP contribution in [0.5, 0.6) is 5.75 Å². The van der Waals surface area contributed by atoms with Crippen LogP contribution in [0, 0.1) is 11.6 Å². The minimum atomic E-state index is -0.978. The first-order chi connectivity index (χ1) is 15.9. The van der Waals surface area contributed by atoms with Crippen molar-refractivity contribution in [3.63, 3.8) is 0 Å². The van der Waals surface area contributed by atoms with Gasteiger partial charge in [-0.25, -0.2) is 13.8 Å². The van der Waals surface area contributed by atoms with Gasteiger partial charge >= 0.3 is 0 Å². The molecule has 6 rings (SSSR count). The van der Waals surface area contributed by atoms with E-state index in [0.717, 1.165) is 23.5 Å². The second-order valence-electron chi connectivity index (χ2n) is 7.60. The zero-order chi connectivity index (χ0) is 22.9. The van der Waals surface area contributed by atoms with Gasteiger partial charge in [-0.15, -0.1) is 0 Å². The minimum absolute atomic E-state index is 0.0000703. The lowest BCUT2D eigenvalue weighted by Crippen LogP contribution is -2.29. The van der Waals surface area contributed by atoms with Crippen molar-refractivity contribution < 1.29 is 23.1 Å². The maximum absolute atomic E-state index is 13.9. The van der Waals surface area contributed by atoms with Crippen LogP contribution in [-0.2, 0) is 0 Å². The van der Waals surface area contributed by atoms with Crippen molar-refractivity contribution in [3.05, 3.63) is 99.4 Å². The summed E-state index contributed by atoms with van der Waals surface area (Å²) >= 11 is 1.09. The molecule has 1 amide bonds. The molecule has 0 radical (unpaired) electrons. The number of amides is 1. The van der Waals surface area contributed by atoms with Gasteiger partial charge in [-0.05, 0) is 54.1 Å². The predicted molar refractivity (Wildman–Crippen MR) is 119 cm³/mol. The van der Waals surface area contributed by atoms with Crippen molar-refractivity contribution in [1.82, 2.24) is 4.98 Å². The summed E-state index contributed by atoms with van der Waals surface area (Å²) in [7, 11) is 0. The fourth-order valence-electron chi connectivity index (χ4n) is 4.14. The molecule has 0 spiro atoms. The van der Waals surface area contributed by atoms with Crippen molar-refractivity contribution in [3.8, 4) is 5.75 Å². The average molecular weight is 462 g/mol. The summed E-state index contributed by atoms with van der Waals surface area (Å²) in [6.07, 6.45) is 0. The number of benzene rings is 3. The van der Waals surface area contributed by atoms with Crippen molar-refractivity contribution in [1.29, 1.82) is 0 Å². The second kappa shape index (κ2) is 6.94. The van der Waals surface area contributed by atoms with Gasteiger partial charge in [0.2, 0.25) is 5.76 Å². The molecule has 3 aromatic carbocycles. The quantitative estimate of drug-likeness (QED) is 0.393. The molecule has 0 saturated carbocycles. The zero-order valence-corrected chi connectivity index (χ0v) is 17.4. The Balaban J connectivity index is 1.65. The number of fused-ring (bicyclic) bond motifs is 3. The number of anilines is 1. The molecule has 1 aliphatic heterocycles. The van der Waals surface area contributed by atoms with E-state index >= 15 is 0 Å². The van der Waals surface area contributed by atoms with Gasteiger partial charge in [0.05, 0.1) is 27.2 Å². The number of carbonyl (C=O) groups is 1. The summed E-state index contributed by atoms with van der Waals surface area (Å²) in [5.41, 5.74) is 0.476. The van der Waals surface area contributed by atoms with E-state index in [9.17, 15) is 23.5 Å². The first-order valence-corrected chi connectivity index (χ1v) is 10.7. The first kappa shape index (κ1) is 19.6. The molecular formula is C24H12F2N2O4S. The van der Waals surface area contributed by atoms with Gasteiger partial charge in [0.15, 0.2) is 10.6 Å². The zero-order valence-electron chi connectivity index (χ0n) is 16.6. The topological polar surface area (TPSA) is 83.6 Å². The number of aromatic hydroxyl groups is 1. The Morgan fingerprint density at radius 2 is 1.79 bits per heavy atom. The van der Waals surface area contributed by atoms with E-state index in [4.69, 9.17) is 4.42 Å². The molecule has 1 atom stereocenters.